The fourth-order valence-electron chi connectivity index (χ4n) is 3.89. The van der Waals surface area contributed by atoms with Gasteiger partial charge in [-0.2, -0.15) is 4.31 Å². The lowest BCUT2D eigenvalue weighted by molar-refractivity contribution is -0.135. The molecule has 1 aliphatic heterocycles. The van der Waals surface area contributed by atoms with Crippen LogP contribution in [-0.2, 0) is 31.4 Å². The predicted octanol–water partition coefficient (Wildman–Crippen LogP) is 2.03. The fraction of sp³-hybridized carbons (Fsp3) is 0.667. The first-order valence-electron chi connectivity index (χ1n) is 10.9. The highest BCUT2D eigenvalue weighted by Crippen LogP contribution is 2.22. The minimum atomic E-state index is -3.55. The van der Waals surface area contributed by atoms with Crippen molar-refractivity contribution in [1.29, 1.82) is 0 Å². The molecule has 11 heteroatoms. The molecule has 0 aromatic heterocycles. The second kappa shape index (κ2) is 11.5. The molecule has 1 aliphatic rings. The van der Waals surface area contributed by atoms with Gasteiger partial charge in [0, 0.05) is 32.2 Å². The van der Waals surface area contributed by atoms with Crippen molar-refractivity contribution < 1.29 is 26.0 Å². The molecule has 8 nitrogen and oxygen atoms in total. The Kier molecular flexibility index (Phi) is 9.62. The summed E-state index contributed by atoms with van der Waals surface area (Å²) in [6.45, 7) is 4.42. The van der Waals surface area contributed by atoms with E-state index in [4.69, 9.17) is 0 Å². The third-order valence-electron chi connectivity index (χ3n) is 5.56. The van der Waals surface area contributed by atoms with Gasteiger partial charge >= 0.3 is 0 Å². The van der Waals surface area contributed by atoms with Gasteiger partial charge in [-0.1, -0.05) is 26.0 Å². The number of benzene rings is 1. The van der Waals surface area contributed by atoms with Crippen LogP contribution in [0.1, 0.15) is 45.1 Å². The van der Waals surface area contributed by atoms with Crippen LogP contribution in [0.2, 0.25) is 0 Å². The van der Waals surface area contributed by atoms with Crippen molar-refractivity contribution in [2.45, 2.75) is 52.1 Å². The third kappa shape index (κ3) is 7.50. The zero-order valence-electron chi connectivity index (χ0n) is 19.0. The van der Waals surface area contributed by atoms with Gasteiger partial charge in [-0.3, -0.25) is 4.79 Å². The van der Waals surface area contributed by atoms with Crippen molar-refractivity contribution in [2.24, 2.45) is 0 Å². The van der Waals surface area contributed by atoms with Gasteiger partial charge in [0.2, 0.25) is 26.0 Å². The number of halogens is 1. The highest BCUT2D eigenvalue weighted by atomic mass is 32.2. The molecule has 32 heavy (non-hydrogen) atoms. The maximum atomic E-state index is 13.3. The maximum Gasteiger partial charge on any atom is 0.238 e. The topological polar surface area (TPSA) is 95.1 Å². The molecule has 1 fully saturated rings. The second-order valence-electron chi connectivity index (χ2n) is 8.19. The van der Waals surface area contributed by atoms with Crippen molar-refractivity contribution in [3.8, 4) is 0 Å². The summed E-state index contributed by atoms with van der Waals surface area (Å²) >= 11 is 0. The average molecular weight is 492 g/mol. The summed E-state index contributed by atoms with van der Waals surface area (Å²) < 4.78 is 64.9. The van der Waals surface area contributed by atoms with Crippen LogP contribution in [0.4, 0.5) is 4.39 Å². The van der Waals surface area contributed by atoms with Crippen molar-refractivity contribution in [3.05, 3.63) is 35.6 Å². The van der Waals surface area contributed by atoms with Gasteiger partial charge in [0.15, 0.2) is 0 Å². The monoisotopic (exact) mass is 491 g/mol. The van der Waals surface area contributed by atoms with Crippen LogP contribution in [-0.4, -0.2) is 80.5 Å². The minimum absolute atomic E-state index is 0.0228. The number of rotatable bonds is 11. The van der Waals surface area contributed by atoms with Gasteiger partial charge in [-0.05, 0) is 43.4 Å². The summed E-state index contributed by atoms with van der Waals surface area (Å²) in [4.78, 5) is 15.0. The summed E-state index contributed by atoms with van der Waals surface area (Å²) in [6.07, 6.45) is 3.11. The number of amides is 1. The first-order chi connectivity index (χ1) is 15.0. The highest BCUT2D eigenvalue weighted by Gasteiger charge is 2.33. The van der Waals surface area contributed by atoms with Crippen molar-refractivity contribution in [2.75, 3.05) is 38.2 Å². The molecule has 0 N–H and O–H groups in total. The second-order valence-corrected chi connectivity index (χ2v) is 12.3. The van der Waals surface area contributed by atoms with Gasteiger partial charge in [0.25, 0.3) is 0 Å². The summed E-state index contributed by atoms with van der Waals surface area (Å²) in [5, 5.41) is 0. The average Bonchev–Trinajstić information content (AvgIpc) is 2.72. The molecular formula is C21H34FN3O5S2. The molecular weight excluding hydrogens is 457 g/mol. The standard InChI is InChI=1S/C21H34FN3O5S2/c1-4-12-24(32(29,30)15-5-2)17-21(26)25(16-18-6-8-19(22)9-7-18)20-10-13-23(14-11-20)31(3,27)28/h6-9,20H,4-5,10-17H2,1-3H3. The van der Waals surface area contributed by atoms with Crippen LogP contribution >= 0.6 is 0 Å². The molecule has 1 saturated heterocycles. The maximum absolute atomic E-state index is 13.3. The molecule has 1 heterocycles. The molecule has 2 rings (SSSR count). The SMILES string of the molecule is CCCN(CC(=O)N(Cc1ccc(F)cc1)C1CCN(S(C)(=O)=O)CC1)S(=O)(=O)CCC. The number of carbonyl (C=O) groups excluding carboxylic acids is 1. The Labute approximate surface area is 191 Å². The molecule has 0 aliphatic carbocycles. The van der Waals surface area contributed by atoms with Crippen LogP contribution < -0.4 is 0 Å². The molecule has 1 aromatic carbocycles. The Morgan fingerprint density at radius 3 is 2.16 bits per heavy atom. The van der Waals surface area contributed by atoms with Gasteiger partial charge < -0.3 is 4.90 Å². The fourth-order valence-corrected chi connectivity index (χ4v) is 6.30. The molecule has 1 amide bonds. The van der Waals surface area contributed by atoms with E-state index < -0.39 is 20.0 Å². The molecule has 1 aromatic rings. The third-order valence-corrected chi connectivity index (χ3v) is 8.89. The quantitative estimate of drug-likeness (QED) is 0.472. The normalized spacial score (nSPS) is 16.4. The summed E-state index contributed by atoms with van der Waals surface area (Å²) in [6, 6.07) is 5.60. The first-order valence-corrected chi connectivity index (χ1v) is 14.4. The lowest BCUT2D eigenvalue weighted by Gasteiger charge is -2.38. The number of nitrogens with zero attached hydrogens (tertiary/aromatic N) is 3. The van der Waals surface area contributed by atoms with E-state index in [0.29, 0.717) is 38.8 Å². The van der Waals surface area contributed by atoms with E-state index in [2.05, 4.69) is 0 Å². The van der Waals surface area contributed by atoms with E-state index in [0.717, 1.165) is 11.8 Å². The molecule has 0 unspecified atom stereocenters. The lowest BCUT2D eigenvalue weighted by atomic mass is 10.0. The van der Waals surface area contributed by atoms with E-state index in [1.165, 1.54) is 20.7 Å². The lowest BCUT2D eigenvalue weighted by Crippen LogP contribution is -2.51. The molecule has 0 bridgehead atoms. The number of piperidine rings is 1. The van der Waals surface area contributed by atoms with Crippen LogP contribution in [0, 0.1) is 5.82 Å². The molecule has 0 spiro atoms. The Balaban J connectivity index is 2.24. The summed E-state index contributed by atoms with van der Waals surface area (Å²) in [5.41, 5.74) is 0.726. The Morgan fingerprint density at radius 2 is 1.66 bits per heavy atom. The van der Waals surface area contributed by atoms with Gasteiger partial charge in [-0.15, -0.1) is 0 Å². The molecule has 182 valence electrons. The molecule has 0 atom stereocenters. The van der Waals surface area contributed by atoms with Crippen molar-refractivity contribution in [1.82, 2.24) is 13.5 Å². The largest absolute Gasteiger partial charge is 0.334 e. The van der Waals surface area contributed by atoms with E-state index in [-0.39, 0.29) is 43.2 Å². The highest BCUT2D eigenvalue weighted by molar-refractivity contribution is 7.89. The molecule has 0 radical (unpaired) electrons. The zero-order chi connectivity index (χ0) is 23.9. The predicted molar refractivity (Wildman–Crippen MR) is 122 cm³/mol. The van der Waals surface area contributed by atoms with E-state index >= 15 is 0 Å². The summed E-state index contributed by atoms with van der Waals surface area (Å²) in [5.74, 6) is -0.738. The van der Waals surface area contributed by atoms with Gasteiger partial charge in [-0.25, -0.2) is 25.5 Å². The Morgan fingerprint density at radius 1 is 1.06 bits per heavy atom. The number of carbonyl (C=O) groups is 1. The number of sulfonamides is 2. The number of hydrogen-bond acceptors (Lipinski definition) is 5. The zero-order valence-corrected chi connectivity index (χ0v) is 20.7. The van der Waals surface area contributed by atoms with Crippen LogP contribution in [0.3, 0.4) is 0 Å². The van der Waals surface area contributed by atoms with E-state index in [1.807, 2.05) is 6.92 Å². The summed E-state index contributed by atoms with van der Waals surface area (Å²) in [7, 11) is -6.86. The van der Waals surface area contributed by atoms with Crippen LogP contribution in [0.5, 0.6) is 0 Å². The Hall–Kier alpha value is -1.56. The van der Waals surface area contributed by atoms with Gasteiger partial charge in [0.1, 0.15) is 5.82 Å². The smallest absolute Gasteiger partial charge is 0.238 e. The first kappa shape index (κ1) is 26.7. The Bertz CT molecular complexity index is 960. The van der Waals surface area contributed by atoms with Gasteiger partial charge in [0.05, 0.1) is 18.6 Å². The molecule has 0 saturated carbocycles. The van der Waals surface area contributed by atoms with E-state index in [1.54, 1.807) is 24.0 Å². The van der Waals surface area contributed by atoms with Crippen molar-refractivity contribution in [3.63, 3.8) is 0 Å². The number of hydrogen-bond donors (Lipinski definition) is 0. The van der Waals surface area contributed by atoms with Crippen LogP contribution in [0.15, 0.2) is 24.3 Å². The van der Waals surface area contributed by atoms with Crippen LogP contribution in [0.25, 0.3) is 0 Å². The van der Waals surface area contributed by atoms with Crippen molar-refractivity contribution >= 4 is 26.0 Å². The minimum Gasteiger partial charge on any atom is -0.334 e. The van der Waals surface area contributed by atoms with E-state index in [9.17, 15) is 26.0 Å².